The first-order valence-electron chi connectivity index (χ1n) is 12.7. The summed E-state index contributed by atoms with van der Waals surface area (Å²) in [6.45, 7) is 12.8. The molecule has 5 rings (SSSR count). The second-order valence-corrected chi connectivity index (χ2v) is 12.7. The Balaban J connectivity index is 1.74. The van der Waals surface area contributed by atoms with Gasteiger partial charge < -0.3 is 9.64 Å². The molecular weight excluding hydrogens is 504 g/mol. The molecule has 37 heavy (non-hydrogen) atoms. The predicted octanol–water partition coefficient (Wildman–Crippen LogP) is 4.88. The highest BCUT2D eigenvalue weighted by Gasteiger charge is 2.40. The van der Waals surface area contributed by atoms with Crippen LogP contribution in [0.25, 0.3) is 5.69 Å². The van der Waals surface area contributed by atoms with Gasteiger partial charge in [-0.3, -0.25) is 14.5 Å². The molecule has 0 aliphatic carbocycles. The summed E-state index contributed by atoms with van der Waals surface area (Å²) in [6.07, 6.45) is 0. The number of rotatable bonds is 4. The molecule has 1 atom stereocenters. The first-order chi connectivity index (χ1) is 17.7. The van der Waals surface area contributed by atoms with Gasteiger partial charge in [-0.2, -0.15) is 5.10 Å². The van der Waals surface area contributed by atoms with Crippen molar-refractivity contribution in [2.24, 2.45) is 0 Å². The van der Waals surface area contributed by atoms with E-state index in [9.17, 15) is 9.59 Å². The lowest BCUT2D eigenvalue weighted by molar-refractivity contribution is -0.134. The van der Waals surface area contributed by atoms with Crippen LogP contribution in [-0.4, -0.2) is 65.1 Å². The molecule has 2 aliphatic rings. The second-order valence-electron chi connectivity index (χ2n) is 10.6. The summed E-state index contributed by atoms with van der Waals surface area (Å²) in [5, 5.41) is 7.24. The van der Waals surface area contributed by atoms with Crippen molar-refractivity contribution >= 4 is 40.7 Å². The molecule has 2 aliphatic heterocycles. The molecule has 196 valence electrons. The largest absolute Gasteiger partial charge is 0.378 e. The number of ether oxygens (including phenoxy) is 1. The maximum Gasteiger partial charge on any atom is 0.242 e. The smallest absolute Gasteiger partial charge is 0.242 e. The number of hydrogen-bond acceptors (Lipinski definition) is 6. The Kier molecular flexibility index (Phi) is 7.22. The van der Waals surface area contributed by atoms with E-state index in [1.165, 1.54) is 4.88 Å². The number of aryl methyl sites for hydroxylation is 1. The maximum absolute atomic E-state index is 13.8. The first kappa shape index (κ1) is 26.0. The molecule has 2 amide bonds. The molecule has 0 radical (unpaired) electrons. The van der Waals surface area contributed by atoms with E-state index in [1.54, 1.807) is 32.9 Å². The standard InChI is InChI=1S/C28H34N4O3S2/c1-18-8-6-9-20(19(18)2)32-27-24(26(29-32)28(3,4)5)25(21-10-7-15-36-21)37-17-23(34)31(27)16-22(33)30-11-13-35-14-12-30/h6-10,15,25H,11-14,16-17H2,1-5H3. The van der Waals surface area contributed by atoms with E-state index in [1.807, 2.05) is 16.8 Å². The molecular formula is C28H34N4O3S2. The van der Waals surface area contributed by atoms with Gasteiger partial charge in [0, 0.05) is 28.9 Å². The van der Waals surface area contributed by atoms with Gasteiger partial charge in [0.05, 0.1) is 35.6 Å². The summed E-state index contributed by atoms with van der Waals surface area (Å²) < 4.78 is 7.37. The lowest BCUT2D eigenvalue weighted by atomic mass is 9.88. The summed E-state index contributed by atoms with van der Waals surface area (Å²) in [5.74, 6) is 0.880. The van der Waals surface area contributed by atoms with E-state index in [0.29, 0.717) is 37.9 Å². The average molecular weight is 539 g/mol. The van der Waals surface area contributed by atoms with Crippen molar-refractivity contribution in [2.45, 2.75) is 45.3 Å². The van der Waals surface area contributed by atoms with Crippen molar-refractivity contribution in [3.05, 3.63) is 63.0 Å². The summed E-state index contributed by atoms with van der Waals surface area (Å²) >= 11 is 3.32. The Bertz CT molecular complexity index is 1300. The van der Waals surface area contributed by atoms with Gasteiger partial charge in [0.25, 0.3) is 0 Å². The number of carbonyl (C=O) groups excluding carboxylic acids is 2. The third kappa shape index (κ3) is 4.96. The van der Waals surface area contributed by atoms with Gasteiger partial charge in [-0.05, 0) is 42.5 Å². The van der Waals surface area contributed by atoms with Crippen LogP contribution in [0.5, 0.6) is 0 Å². The van der Waals surface area contributed by atoms with Gasteiger partial charge in [-0.15, -0.1) is 23.1 Å². The van der Waals surface area contributed by atoms with Crippen molar-refractivity contribution in [2.75, 3.05) is 43.5 Å². The summed E-state index contributed by atoms with van der Waals surface area (Å²) in [6, 6.07) is 10.3. The van der Waals surface area contributed by atoms with Crippen LogP contribution in [0.2, 0.25) is 0 Å². The molecule has 0 bridgehead atoms. The minimum atomic E-state index is -0.267. The maximum atomic E-state index is 13.8. The van der Waals surface area contributed by atoms with Crippen molar-refractivity contribution in [3.63, 3.8) is 0 Å². The number of anilines is 1. The number of aromatic nitrogens is 2. The lowest BCUT2D eigenvalue weighted by Gasteiger charge is -2.30. The summed E-state index contributed by atoms with van der Waals surface area (Å²) in [4.78, 5) is 31.9. The van der Waals surface area contributed by atoms with Gasteiger partial charge in [0.1, 0.15) is 12.4 Å². The van der Waals surface area contributed by atoms with Gasteiger partial charge in [0.2, 0.25) is 11.8 Å². The van der Waals surface area contributed by atoms with E-state index in [2.05, 4.69) is 58.2 Å². The second kappa shape index (κ2) is 10.3. The number of nitrogens with zero attached hydrogens (tertiary/aromatic N) is 4. The molecule has 1 unspecified atom stereocenters. The van der Waals surface area contributed by atoms with Crippen LogP contribution in [0.1, 0.15) is 53.3 Å². The fourth-order valence-electron chi connectivity index (χ4n) is 4.92. The molecule has 0 spiro atoms. The third-order valence-corrected chi connectivity index (χ3v) is 9.39. The number of hydrogen-bond donors (Lipinski definition) is 0. The van der Waals surface area contributed by atoms with Gasteiger partial charge in [-0.1, -0.05) is 39.0 Å². The van der Waals surface area contributed by atoms with Crippen LogP contribution in [0.15, 0.2) is 35.7 Å². The Morgan fingerprint density at radius 1 is 1.14 bits per heavy atom. The van der Waals surface area contributed by atoms with Gasteiger partial charge in [-0.25, -0.2) is 4.68 Å². The zero-order chi connectivity index (χ0) is 26.3. The van der Waals surface area contributed by atoms with E-state index < -0.39 is 0 Å². The van der Waals surface area contributed by atoms with Crippen LogP contribution in [0.4, 0.5) is 5.82 Å². The van der Waals surface area contributed by atoms with Crippen LogP contribution in [0, 0.1) is 13.8 Å². The highest BCUT2D eigenvalue weighted by atomic mass is 32.2. The number of thioether (sulfide) groups is 1. The number of morpholine rings is 1. The number of carbonyl (C=O) groups is 2. The fraction of sp³-hybridized carbons (Fsp3) is 0.464. The summed E-state index contributed by atoms with van der Waals surface area (Å²) in [5.41, 5.74) is 4.90. The Morgan fingerprint density at radius 3 is 2.57 bits per heavy atom. The normalized spacial score (nSPS) is 18.6. The molecule has 7 nitrogen and oxygen atoms in total. The monoisotopic (exact) mass is 538 g/mol. The number of amides is 2. The van der Waals surface area contributed by atoms with E-state index >= 15 is 0 Å². The quantitative estimate of drug-likeness (QED) is 0.474. The zero-order valence-corrected chi connectivity index (χ0v) is 23.7. The van der Waals surface area contributed by atoms with Gasteiger partial charge >= 0.3 is 0 Å². The minimum Gasteiger partial charge on any atom is -0.378 e. The summed E-state index contributed by atoms with van der Waals surface area (Å²) in [7, 11) is 0. The first-order valence-corrected chi connectivity index (χ1v) is 14.6. The van der Waals surface area contributed by atoms with Crippen molar-refractivity contribution in [1.29, 1.82) is 0 Å². The Morgan fingerprint density at radius 2 is 1.89 bits per heavy atom. The van der Waals surface area contributed by atoms with E-state index in [-0.39, 0.29) is 29.0 Å². The van der Waals surface area contributed by atoms with E-state index in [0.717, 1.165) is 28.1 Å². The predicted molar refractivity (Wildman–Crippen MR) is 150 cm³/mol. The topological polar surface area (TPSA) is 67.7 Å². The molecule has 1 aromatic carbocycles. The number of thiophene rings is 1. The highest BCUT2D eigenvalue weighted by Crippen LogP contribution is 2.49. The highest BCUT2D eigenvalue weighted by molar-refractivity contribution is 8.00. The molecule has 0 N–H and O–H groups in total. The van der Waals surface area contributed by atoms with Crippen LogP contribution < -0.4 is 4.90 Å². The third-order valence-electron chi connectivity index (χ3n) is 7.06. The fourth-order valence-corrected chi connectivity index (χ4v) is 7.09. The molecule has 3 aromatic rings. The number of fused-ring (bicyclic) bond motifs is 1. The molecule has 0 saturated carbocycles. The average Bonchev–Trinajstić information content (AvgIpc) is 3.51. The van der Waals surface area contributed by atoms with Gasteiger partial charge in [0.15, 0.2) is 0 Å². The van der Waals surface area contributed by atoms with Crippen molar-refractivity contribution < 1.29 is 14.3 Å². The van der Waals surface area contributed by atoms with Crippen molar-refractivity contribution in [3.8, 4) is 5.69 Å². The number of benzene rings is 1. The Hall–Kier alpha value is -2.62. The molecule has 4 heterocycles. The lowest BCUT2D eigenvalue weighted by Crippen LogP contribution is -2.48. The minimum absolute atomic E-state index is 0.0102. The van der Waals surface area contributed by atoms with Crippen LogP contribution >= 0.6 is 23.1 Å². The molecule has 9 heteroatoms. The zero-order valence-electron chi connectivity index (χ0n) is 22.1. The Labute approximate surface area is 226 Å². The van der Waals surface area contributed by atoms with Crippen LogP contribution in [0.3, 0.4) is 0 Å². The van der Waals surface area contributed by atoms with E-state index in [4.69, 9.17) is 9.84 Å². The molecule has 2 aromatic heterocycles. The molecule has 1 fully saturated rings. The molecule has 1 saturated heterocycles. The van der Waals surface area contributed by atoms with Crippen LogP contribution in [-0.2, 0) is 19.7 Å². The SMILES string of the molecule is Cc1cccc(-n2nc(C(C)(C)C)c3c2N(CC(=O)N2CCOCC2)C(=O)CSC3c2cccs2)c1C. The van der Waals surface area contributed by atoms with Crippen molar-refractivity contribution in [1.82, 2.24) is 14.7 Å².